The molecule has 0 spiro atoms. The molecule has 1 heterocycles. The molecule has 0 bridgehead atoms. The highest BCUT2D eigenvalue weighted by molar-refractivity contribution is 5.49. The molecule has 0 aliphatic carbocycles. The molecule has 2 rings (SSSR count). The summed E-state index contributed by atoms with van der Waals surface area (Å²) in [6.07, 6.45) is 2.12. The van der Waals surface area contributed by atoms with Crippen molar-refractivity contribution >= 4 is 0 Å². The summed E-state index contributed by atoms with van der Waals surface area (Å²) in [6.45, 7) is 1.94. The molecule has 1 aromatic rings. The molecule has 0 amide bonds. The van der Waals surface area contributed by atoms with Gasteiger partial charge in [0.05, 0.1) is 7.11 Å². The number of phenols is 1. The van der Waals surface area contributed by atoms with Crippen molar-refractivity contribution in [3.8, 4) is 17.2 Å². The van der Waals surface area contributed by atoms with Crippen molar-refractivity contribution in [2.45, 2.75) is 18.9 Å². The van der Waals surface area contributed by atoms with E-state index in [1.54, 1.807) is 12.1 Å². The highest BCUT2D eigenvalue weighted by atomic mass is 16.5. The van der Waals surface area contributed by atoms with Gasteiger partial charge in [0.15, 0.2) is 11.5 Å². The number of hydrogen-bond donors (Lipinski definition) is 2. The fourth-order valence-electron chi connectivity index (χ4n) is 1.85. The maximum atomic E-state index is 9.85. The second-order valence-electron chi connectivity index (χ2n) is 3.87. The first-order chi connectivity index (χ1) is 7.81. The van der Waals surface area contributed by atoms with Crippen molar-refractivity contribution in [2.75, 3.05) is 20.2 Å². The van der Waals surface area contributed by atoms with Crippen LogP contribution in [0.15, 0.2) is 18.2 Å². The lowest BCUT2D eigenvalue weighted by atomic mass is 10.1. The van der Waals surface area contributed by atoms with Gasteiger partial charge in [0.1, 0.15) is 6.10 Å². The lowest BCUT2D eigenvalue weighted by Crippen LogP contribution is -2.34. The van der Waals surface area contributed by atoms with Gasteiger partial charge in [-0.05, 0) is 38.1 Å². The quantitative estimate of drug-likeness (QED) is 0.816. The van der Waals surface area contributed by atoms with Gasteiger partial charge in [0, 0.05) is 0 Å². The SMILES string of the molecule is COc1cccc(OC2CCNCC2)c1O. The minimum absolute atomic E-state index is 0.0866. The fraction of sp³-hybridized carbons (Fsp3) is 0.500. The standard InChI is InChI=1S/C12H17NO3/c1-15-10-3-2-4-11(12(10)14)16-9-5-7-13-8-6-9/h2-4,9,13-14H,5-8H2,1H3. The molecule has 4 nitrogen and oxygen atoms in total. The van der Waals surface area contributed by atoms with Crippen LogP contribution in [0.25, 0.3) is 0 Å². The van der Waals surface area contributed by atoms with E-state index in [0.717, 1.165) is 25.9 Å². The number of rotatable bonds is 3. The molecule has 0 radical (unpaired) electrons. The molecule has 0 saturated carbocycles. The molecule has 1 aliphatic rings. The maximum absolute atomic E-state index is 9.85. The Labute approximate surface area is 95.2 Å². The molecule has 4 heteroatoms. The summed E-state index contributed by atoms with van der Waals surface area (Å²) in [4.78, 5) is 0. The topological polar surface area (TPSA) is 50.7 Å². The average Bonchev–Trinajstić information content (AvgIpc) is 2.33. The molecule has 1 aromatic carbocycles. The Morgan fingerprint density at radius 3 is 2.62 bits per heavy atom. The summed E-state index contributed by atoms with van der Waals surface area (Å²) < 4.78 is 10.8. The molecule has 16 heavy (non-hydrogen) atoms. The zero-order valence-electron chi connectivity index (χ0n) is 9.40. The van der Waals surface area contributed by atoms with E-state index >= 15 is 0 Å². The van der Waals surface area contributed by atoms with Gasteiger partial charge in [-0.2, -0.15) is 0 Å². The summed E-state index contributed by atoms with van der Waals surface area (Å²) in [5.41, 5.74) is 0. The Bertz CT molecular complexity index is 348. The molecule has 0 unspecified atom stereocenters. The first kappa shape index (κ1) is 11.1. The Hall–Kier alpha value is -1.42. The van der Waals surface area contributed by atoms with Crippen LogP contribution in [0.1, 0.15) is 12.8 Å². The third-order valence-corrected chi connectivity index (χ3v) is 2.76. The number of nitrogens with one attached hydrogen (secondary N) is 1. The summed E-state index contributed by atoms with van der Waals surface area (Å²) in [5, 5.41) is 13.1. The van der Waals surface area contributed by atoms with Gasteiger partial charge in [0.25, 0.3) is 0 Å². The van der Waals surface area contributed by atoms with Gasteiger partial charge in [-0.3, -0.25) is 0 Å². The molecule has 0 atom stereocenters. The molecule has 0 aromatic heterocycles. The molecule has 88 valence electrons. The summed E-state index contributed by atoms with van der Waals surface area (Å²) >= 11 is 0. The minimum Gasteiger partial charge on any atom is -0.502 e. The summed E-state index contributed by atoms with van der Waals surface area (Å²) in [6, 6.07) is 5.29. The average molecular weight is 223 g/mol. The van der Waals surface area contributed by atoms with Gasteiger partial charge in [0.2, 0.25) is 5.75 Å². The fourth-order valence-corrected chi connectivity index (χ4v) is 1.85. The third kappa shape index (κ3) is 2.39. The molecular formula is C12H17NO3. The number of hydrogen-bond acceptors (Lipinski definition) is 4. The predicted octanol–water partition coefficient (Wildman–Crippen LogP) is 1.53. The Morgan fingerprint density at radius 1 is 1.25 bits per heavy atom. The van der Waals surface area contributed by atoms with E-state index in [9.17, 15) is 5.11 Å². The van der Waals surface area contributed by atoms with Crippen molar-refractivity contribution in [2.24, 2.45) is 0 Å². The van der Waals surface area contributed by atoms with E-state index in [4.69, 9.17) is 9.47 Å². The highest BCUT2D eigenvalue weighted by Gasteiger charge is 2.17. The predicted molar refractivity (Wildman–Crippen MR) is 61.2 cm³/mol. The molecule has 1 fully saturated rings. The number of methoxy groups -OCH3 is 1. The van der Waals surface area contributed by atoms with E-state index < -0.39 is 0 Å². The largest absolute Gasteiger partial charge is 0.502 e. The Balaban J connectivity index is 2.08. The lowest BCUT2D eigenvalue weighted by molar-refractivity contribution is 0.156. The van der Waals surface area contributed by atoms with Crippen LogP contribution in [0.2, 0.25) is 0 Å². The molecular weight excluding hydrogens is 206 g/mol. The van der Waals surface area contributed by atoms with Crippen molar-refractivity contribution in [1.82, 2.24) is 5.32 Å². The number of piperidine rings is 1. The number of ether oxygens (including phenoxy) is 2. The monoisotopic (exact) mass is 223 g/mol. The lowest BCUT2D eigenvalue weighted by Gasteiger charge is -2.24. The van der Waals surface area contributed by atoms with Crippen molar-refractivity contribution < 1.29 is 14.6 Å². The molecule has 2 N–H and O–H groups in total. The van der Waals surface area contributed by atoms with Crippen LogP contribution in [0.3, 0.4) is 0 Å². The van der Waals surface area contributed by atoms with Gasteiger partial charge in [-0.15, -0.1) is 0 Å². The zero-order chi connectivity index (χ0) is 11.4. The van der Waals surface area contributed by atoms with Crippen LogP contribution < -0.4 is 14.8 Å². The van der Waals surface area contributed by atoms with E-state index in [-0.39, 0.29) is 11.9 Å². The number of benzene rings is 1. The van der Waals surface area contributed by atoms with Crippen molar-refractivity contribution in [1.29, 1.82) is 0 Å². The third-order valence-electron chi connectivity index (χ3n) is 2.76. The number of para-hydroxylation sites is 1. The van der Waals surface area contributed by atoms with Gasteiger partial charge < -0.3 is 19.9 Å². The van der Waals surface area contributed by atoms with E-state index in [2.05, 4.69) is 5.32 Å². The van der Waals surface area contributed by atoms with Gasteiger partial charge >= 0.3 is 0 Å². The smallest absolute Gasteiger partial charge is 0.200 e. The van der Waals surface area contributed by atoms with Crippen LogP contribution in [-0.2, 0) is 0 Å². The highest BCUT2D eigenvalue weighted by Crippen LogP contribution is 2.36. The minimum atomic E-state index is 0.0866. The van der Waals surface area contributed by atoms with Gasteiger partial charge in [-0.1, -0.05) is 6.07 Å². The van der Waals surface area contributed by atoms with Crippen molar-refractivity contribution in [3.05, 3.63) is 18.2 Å². The van der Waals surface area contributed by atoms with Crippen LogP contribution >= 0.6 is 0 Å². The maximum Gasteiger partial charge on any atom is 0.200 e. The number of phenolic OH excluding ortho intramolecular Hbond substituents is 1. The molecule has 1 saturated heterocycles. The second-order valence-corrected chi connectivity index (χ2v) is 3.87. The van der Waals surface area contributed by atoms with E-state index in [0.29, 0.717) is 11.5 Å². The van der Waals surface area contributed by atoms with Crippen LogP contribution in [0.4, 0.5) is 0 Å². The first-order valence-electron chi connectivity index (χ1n) is 5.54. The van der Waals surface area contributed by atoms with Gasteiger partial charge in [-0.25, -0.2) is 0 Å². The normalized spacial score (nSPS) is 17.1. The van der Waals surface area contributed by atoms with E-state index in [1.807, 2.05) is 6.07 Å². The van der Waals surface area contributed by atoms with Crippen LogP contribution in [0, 0.1) is 0 Å². The van der Waals surface area contributed by atoms with Crippen LogP contribution in [-0.4, -0.2) is 31.4 Å². The summed E-state index contributed by atoms with van der Waals surface area (Å²) in [5.74, 6) is 1.04. The Kier molecular flexibility index (Phi) is 3.51. The first-order valence-corrected chi connectivity index (χ1v) is 5.54. The van der Waals surface area contributed by atoms with Crippen LogP contribution in [0.5, 0.6) is 17.2 Å². The van der Waals surface area contributed by atoms with Crippen molar-refractivity contribution in [3.63, 3.8) is 0 Å². The number of aromatic hydroxyl groups is 1. The summed E-state index contributed by atoms with van der Waals surface area (Å²) in [7, 11) is 1.53. The second kappa shape index (κ2) is 5.07. The Morgan fingerprint density at radius 2 is 1.94 bits per heavy atom. The molecule has 1 aliphatic heterocycles. The van der Waals surface area contributed by atoms with E-state index in [1.165, 1.54) is 7.11 Å². The zero-order valence-corrected chi connectivity index (χ0v) is 9.40.